The maximum atomic E-state index is 13.5. The first kappa shape index (κ1) is 22.1. The van der Waals surface area contributed by atoms with E-state index in [1.165, 1.54) is 36.3 Å². The fourth-order valence-electron chi connectivity index (χ4n) is 3.98. The highest BCUT2D eigenvalue weighted by Crippen LogP contribution is 2.42. The molecule has 1 unspecified atom stereocenters. The summed E-state index contributed by atoms with van der Waals surface area (Å²) in [7, 11) is 3.07. The number of benzene rings is 3. The Kier molecular flexibility index (Phi) is 5.87. The van der Waals surface area contributed by atoms with Crippen molar-refractivity contribution in [1.29, 1.82) is 0 Å². The number of nitrogens with zero attached hydrogens (tertiary/aromatic N) is 1. The highest BCUT2D eigenvalue weighted by molar-refractivity contribution is 6.51. The summed E-state index contributed by atoms with van der Waals surface area (Å²) >= 11 is 0. The van der Waals surface area contributed by atoms with Crippen molar-refractivity contribution in [2.24, 2.45) is 0 Å². The predicted octanol–water partition coefficient (Wildman–Crippen LogP) is 4.78. The molecule has 1 N–H and O–H groups in total. The predicted molar refractivity (Wildman–Crippen MR) is 122 cm³/mol. The number of carbonyl (C=O) groups excluding carboxylic acids is 2. The lowest BCUT2D eigenvalue weighted by Gasteiger charge is -2.25. The Morgan fingerprint density at radius 2 is 1.61 bits per heavy atom. The standard InChI is InChI=1S/C26H22FNO5/c1-15-14-17(6-13-21(15)33-3)24(29)22-23(16-4-11-20(32-2)12-5-16)28(26(31)25(22)30)19-9-7-18(27)8-10-19/h4-14,23,29H,1-3H3/b24-22-. The van der Waals surface area contributed by atoms with E-state index >= 15 is 0 Å². The Balaban J connectivity index is 1.92. The number of aliphatic hydroxyl groups excluding tert-OH is 1. The highest BCUT2D eigenvalue weighted by atomic mass is 19.1. The molecule has 33 heavy (non-hydrogen) atoms. The topological polar surface area (TPSA) is 76.1 Å². The van der Waals surface area contributed by atoms with Crippen molar-refractivity contribution in [3.05, 3.63) is 94.8 Å². The van der Waals surface area contributed by atoms with Crippen LogP contribution in [0.1, 0.15) is 22.7 Å². The van der Waals surface area contributed by atoms with Crippen molar-refractivity contribution in [1.82, 2.24) is 0 Å². The second kappa shape index (κ2) is 8.78. The number of aryl methyl sites for hydroxylation is 1. The summed E-state index contributed by atoms with van der Waals surface area (Å²) in [5.41, 5.74) is 2.01. The number of aliphatic hydroxyl groups is 1. The monoisotopic (exact) mass is 447 g/mol. The third-order valence-electron chi connectivity index (χ3n) is 5.65. The second-order valence-electron chi connectivity index (χ2n) is 7.60. The van der Waals surface area contributed by atoms with E-state index in [-0.39, 0.29) is 11.3 Å². The number of carbonyl (C=O) groups is 2. The molecule has 0 aliphatic carbocycles. The van der Waals surface area contributed by atoms with Gasteiger partial charge in [0.15, 0.2) is 0 Å². The van der Waals surface area contributed by atoms with E-state index < -0.39 is 23.5 Å². The van der Waals surface area contributed by atoms with Crippen LogP contribution in [0.15, 0.2) is 72.3 Å². The first-order valence-electron chi connectivity index (χ1n) is 10.2. The maximum absolute atomic E-state index is 13.5. The van der Waals surface area contributed by atoms with Gasteiger partial charge in [0, 0.05) is 11.3 Å². The molecule has 1 aliphatic rings. The van der Waals surface area contributed by atoms with E-state index in [1.807, 2.05) is 6.92 Å². The molecule has 1 atom stereocenters. The number of rotatable bonds is 5. The van der Waals surface area contributed by atoms with Gasteiger partial charge in [-0.25, -0.2) is 4.39 Å². The summed E-state index contributed by atoms with van der Waals surface area (Å²) in [5, 5.41) is 11.2. The van der Waals surface area contributed by atoms with Crippen molar-refractivity contribution >= 4 is 23.1 Å². The van der Waals surface area contributed by atoms with Crippen LogP contribution in [-0.2, 0) is 9.59 Å². The fraction of sp³-hybridized carbons (Fsp3) is 0.154. The quantitative estimate of drug-likeness (QED) is 0.346. The van der Waals surface area contributed by atoms with Gasteiger partial charge in [-0.05, 0) is 72.6 Å². The van der Waals surface area contributed by atoms with E-state index in [2.05, 4.69) is 0 Å². The van der Waals surface area contributed by atoms with Crippen molar-refractivity contribution in [2.45, 2.75) is 13.0 Å². The van der Waals surface area contributed by atoms with Crippen molar-refractivity contribution < 1.29 is 28.6 Å². The number of hydrogen-bond acceptors (Lipinski definition) is 5. The highest BCUT2D eigenvalue weighted by Gasteiger charge is 2.47. The van der Waals surface area contributed by atoms with Gasteiger partial charge in [-0.1, -0.05) is 12.1 Å². The molecule has 1 aliphatic heterocycles. The van der Waals surface area contributed by atoms with Crippen LogP contribution in [0, 0.1) is 12.7 Å². The van der Waals surface area contributed by atoms with Crippen LogP contribution in [-0.4, -0.2) is 31.0 Å². The van der Waals surface area contributed by atoms with Crippen LogP contribution in [0.5, 0.6) is 11.5 Å². The van der Waals surface area contributed by atoms with Crippen molar-refractivity contribution in [3.63, 3.8) is 0 Å². The minimum Gasteiger partial charge on any atom is -0.507 e. The molecule has 0 radical (unpaired) electrons. The zero-order valence-electron chi connectivity index (χ0n) is 18.3. The average Bonchev–Trinajstić information content (AvgIpc) is 3.09. The molecule has 168 valence electrons. The molecule has 1 amide bonds. The third-order valence-corrected chi connectivity index (χ3v) is 5.65. The Hall–Kier alpha value is -4.13. The molecular formula is C26H22FNO5. The summed E-state index contributed by atoms with van der Waals surface area (Å²) in [6.07, 6.45) is 0. The molecule has 3 aromatic carbocycles. The molecular weight excluding hydrogens is 425 g/mol. The maximum Gasteiger partial charge on any atom is 0.300 e. The van der Waals surface area contributed by atoms with Crippen LogP contribution >= 0.6 is 0 Å². The number of anilines is 1. The number of halogens is 1. The van der Waals surface area contributed by atoms with Crippen LogP contribution < -0.4 is 14.4 Å². The van der Waals surface area contributed by atoms with E-state index in [9.17, 15) is 19.1 Å². The number of methoxy groups -OCH3 is 2. The number of amides is 1. The zero-order chi connectivity index (χ0) is 23.7. The normalized spacial score (nSPS) is 17.3. The minimum absolute atomic E-state index is 0.0564. The third kappa shape index (κ3) is 3.93. The number of ketones is 1. The molecule has 7 heteroatoms. The number of ether oxygens (including phenoxy) is 2. The average molecular weight is 447 g/mol. The molecule has 0 aromatic heterocycles. The largest absolute Gasteiger partial charge is 0.507 e. The van der Waals surface area contributed by atoms with Crippen LogP contribution in [0.4, 0.5) is 10.1 Å². The smallest absolute Gasteiger partial charge is 0.300 e. The summed E-state index contributed by atoms with van der Waals surface area (Å²) in [5.74, 6) is -1.18. The van der Waals surface area contributed by atoms with E-state index in [0.717, 1.165) is 5.56 Å². The summed E-state index contributed by atoms with van der Waals surface area (Å²) in [6.45, 7) is 1.81. The summed E-state index contributed by atoms with van der Waals surface area (Å²) in [4.78, 5) is 27.5. The Morgan fingerprint density at radius 3 is 2.18 bits per heavy atom. The Labute approximate surface area is 190 Å². The lowest BCUT2D eigenvalue weighted by molar-refractivity contribution is -0.132. The fourth-order valence-corrected chi connectivity index (χ4v) is 3.98. The van der Waals surface area contributed by atoms with Crippen LogP contribution in [0.3, 0.4) is 0 Å². The van der Waals surface area contributed by atoms with Gasteiger partial charge in [-0.2, -0.15) is 0 Å². The van der Waals surface area contributed by atoms with Gasteiger partial charge >= 0.3 is 0 Å². The van der Waals surface area contributed by atoms with Crippen molar-refractivity contribution in [2.75, 3.05) is 19.1 Å². The molecule has 4 rings (SSSR count). The minimum atomic E-state index is -0.913. The summed E-state index contributed by atoms with van der Waals surface area (Å²) < 4.78 is 24.0. The first-order valence-corrected chi connectivity index (χ1v) is 10.2. The molecule has 1 fully saturated rings. The first-order chi connectivity index (χ1) is 15.8. The van der Waals surface area contributed by atoms with E-state index in [0.29, 0.717) is 28.3 Å². The molecule has 1 saturated heterocycles. The van der Waals surface area contributed by atoms with Gasteiger partial charge < -0.3 is 14.6 Å². The second-order valence-corrected chi connectivity index (χ2v) is 7.60. The number of hydrogen-bond donors (Lipinski definition) is 1. The van der Waals surface area contributed by atoms with E-state index in [4.69, 9.17) is 9.47 Å². The molecule has 0 bridgehead atoms. The van der Waals surface area contributed by atoms with Crippen LogP contribution in [0.2, 0.25) is 0 Å². The molecule has 3 aromatic rings. The van der Waals surface area contributed by atoms with Gasteiger partial charge in [-0.3, -0.25) is 14.5 Å². The van der Waals surface area contributed by atoms with Gasteiger partial charge in [0.05, 0.1) is 25.8 Å². The molecule has 1 heterocycles. The lowest BCUT2D eigenvalue weighted by atomic mass is 9.94. The summed E-state index contributed by atoms with van der Waals surface area (Å²) in [6, 6.07) is 16.2. The Morgan fingerprint density at radius 1 is 0.939 bits per heavy atom. The molecule has 6 nitrogen and oxygen atoms in total. The molecule has 0 saturated carbocycles. The van der Waals surface area contributed by atoms with Gasteiger partial charge in [-0.15, -0.1) is 0 Å². The van der Waals surface area contributed by atoms with Gasteiger partial charge in [0.25, 0.3) is 11.7 Å². The lowest BCUT2D eigenvalue weighted by Crippen LogP contribution is -2.29. The van der Waals surface area contributed by atoms with Crippen LogP contribution in [0.25, 0.3) is 5.76 Å². The zero-order valence-corrected chi connectivity index (χ0v) is 18.3. The molecule has 0 spiro atoms. The Bertz CT molecular complexity index is 1250. The SMILES string of the molecule is COc1ccc(C2/C(=C(/O)c3ccc(OC)c(C)c3)C(=O)C(=O)N2c2ccc(F)cc2)cc1. The van der Waals surface area contributed by atoms with E-state index in [1.54, 1.807) is 49.6 Å². The number of Topliss-reactive ketones (excluding diaryl/α,β-unsaturated/α-hetero) is 1. The van der Waals surface area contributed by atoms with Crippen molar-refractivity contribution in [3.8, 4) is 11.5 Å². The van der Waals surface area contributed by atoms with Gasteiger partial charge in [0.1, 0.15) is 23.1 Å². The van der Waals surface area contributed by atoms with Gasteiger partial charge in [0.2, 0.25) is 0 Å².